The molecule has 2 aromatic carbocycles. The van der Waals surface area contributed by atoms with Gasteiger partial charge in [0.1, 0.15) is 0 Å². The number of nitrogens with zero attached hydrogens (tertiary/aromatic N) is 4. The predicted molar refractivity (Wildman–Crippen MR) is 124 cm³/mol. The average Bonchev–Trinajstić information content (AvgIpc) is 3.56. The first-order valence-corrected chi connectivity index (χ1v) is 11.9. The van der Waals surface area contributed by atoms with Gasteiger partial charge in [-0.2, -0.15) is 0 Å². The first kappa shape index (κ1) is 21.9. The van der Waals surface area contributed by atoms with E-state index in [4.69, 9.17) is 23.2 Å². The predicted octanol–water partition coefficient (Wildman–Crippen LogP) is 4.43. The summed E-state index contributed by atoms with van der Waals surface area (Å²) in [5.41, 5.74) is 0.849. The molecule has 1 unspecified atom stereocenters. The molecule has 1 amide bonds. The first-order valence-electron chi connectivity index (χ1n) is 10.0. The topological polar surface area (TPSA) is 95.9 Å². The molecular weight excluding hydrogens is 490 g/mol. The van der Waals surface area contributed by atoms with Gasteiger partial charge < -0.3 is 9.88 Å². The minimum Gasteiger partial charge on any atom is -0.358 e. The number of benzene rings is 2. The van der Waals surface area contributed by atoms with Gasteiger partial charge in [0.05, 0.1) is 43.9 Å². The number of amides is 1. The van der Waals surface area contributed by atoms with Gasteiger partial charge in [-0.15, -0.1) is 5.10 Å². The van der Waals surface area contributed by atoms with Crippen LogP contribution in [0.5, 0.6) is 0 Å². The van der Waals surface area contributed by atoms with Crippen molar-refractivity contribution in [1.29, 1.82) is 0 Å². The number of aromatic amines is 1. The second-order valence-electron chi connectivity index (χ2n) is 7.55. The second kappa shape index (κ2) is 8.77. The van der Waals surface area contributed by atoms with E-state index in [-0.39, 0.29) is 16.5 Å². The maximum atomic E-state index is 15.3. The maximum absolute atomic E-state index is 15.3. The number of aromatic nitrogens is 4. The zero-order chi connectivity index (χ0) is 23.1. The summed E-state index contributed by atoms with van der Waals surface area (Å²) in [6, 6.07) is 7.51. The number of carbonyl (C=O) groups excluding carboxylic acids is 1. The first-order chi connectivity index (χ1) is 15.9. The summed E-state index contributed by atoms with van der Waals surface area (Å²) in [4.78, 5) is 17.4. The lowest BCUT2D eigenvalue weighted by molar-refractivity contribution is 0.0781. The molecule has 0 radical (unpaired) electrons. The molecule has 2 aromatic heterocycles. The Morgan fingerprint density at radius 2 is 2.09 bits per heavy atom. The Balaban J connectivity index is 1.38. The van der Waals surface area contributed by atoms with Gasteiger partial charge in [0.2, 0.25) is 0 Å². The molecule has 1 saturated heterocycles. The fourth-order valence-corrected chi connectivity index (χ4v) is 5.47. The van der Waals surface area contributed by atoms with Gasteiger partial charge in [-0.25, -0.2) is 13.3 Å². The van der Waals surface area contributed by atoms with Gasteiger partial charge in [-0.3, -0.25) is 9.52 Å². The Morgan fingerprint density at radius 3 is 2.88 bits per heavy atom. The number of rotatable bonds is 5. The lowest BCUT2D eigenvalue weighted by Gasteiger charge is -2.18. The number of anilines is 1. The van der Waals surface area contributed by atoms with Crippen LogP contribution in [-0.2, 0) is 11.0 Å². The van der Waals surface area contributed by atoms with Gasteiger partial charge in [-0.05, 0) is 30.7 Å². The van der Waals surface area contributed by atoms with E-state index in [1.54, 1.807) is 40.3 Å². The molecular formula is C21H17Cl2FN6O2S. The highest BCUT2D eigenvalue weighted by molar-refractivity contribution is 7.86. The van der Waals surface area contributed by atoms with E-state index in [9.17, 15) is 9.00 Å². The van der Waals surface area contributed by atoms with Gasteiger partial charge in [-0.1, -0.05) is 34.5 Å². The number of halogens is 3. The molecule has 170 valence electrons. The summed E-state index contributed by atoms with van der Waals surface area (Å²) >= 11 is 12.4. The van der Waals surface area contributed by atoms with E-state index >= 15 is 4.39 Å². The van der Waals surface area contributed by atoms with Gasteiger partial charge in [0.25, 0.3) is 5.91 Å². The van der Waals surface area contributed by atoms with E-state index in [0.717, 1.165) is 0 Å². The van der Waals surface area contributed by atoms with Crippen LogP contribution < -0.4 is 4.72 Å². The highest BCUT2D eigenvalue weighted by Crippen LogP contribution is 2.35. The third-order valence-corrected chi connectivity index (χ3v) is 7.33. The van der Waals surface area contributed by atoms with E-state index in [0.29, 0.717) is 46.1 Å². The van der Waals surface area contributed by atoms with E-state index in [1.165, 1.54) is 18.2 Å². The number of likely N-dealkylation sites (tertiary alicyclic amines) is 1. The minimum absolute atomic E-state index is 0.0153. The van der Waals surface area contributed by atoms with E-state index in [1.807, 2.05) is 0 Å². The van der Waals surface area contributed by atoms with Crippen molar-refractivity contribution >= 4 is 56.7 Å². The van der Waals surface area contributed by atoms with Gasteiger partial charge >= 0.3 is 0 Å². The highest BCUT2D eigenvalue weighted by atomic mass is 35.5. The maximum Gasteiger partial charge on any atom is 0.256 e. The zero-order valence-electron chi connectivity index (χ0n) is 17.0. The Morgan fingerprint density at radius 1 is 1.24 bits per heavy atom. The van der Waals surface area contributed by atoms with E-state index in [2.05, 4.69) is 20.0 Å². The van der Waals surface area contributed by atoms with Crippen molar-refractivity contribution in [2.45, 2.75) is 17.4 Å². The summed E-state index contributed by atoms with van der Waals surface area (Å²) in [5, 5.41) is 9.18. The van der Waals surface area contributed by atoms with Crippen LogP contribution in [0.1, 0.15) is 22.8 Å². The molecule has 8 nitrogen and oxygen atoms in total. The molecule has 0 saturated carbocycles. The number of H-pyrrole nitrogens is 1. The van der Waals surface area contributed by atoms with Crippen molar-refractivity contribution in [3.05, 3.63) is 70.3 Å². The number of hydrogen-bond donors (Lipinski definition) is 2. The van der Waals surface area contributed by atoms with Crippen LogP contribution in [-0.4, -0.2) is 48.1 Å². The number of hydrogen-bond acceptors (Lipinski definition) is 4. The molecule has 5 rings (SSSR count). The fourth-order valence-electron chi connectivity index (χ4n) is 3.95. The van der Waals surface area contributed by atoms with Crippen molar-refractivity contribution < 1.29 is 13.4 Å². The molecule has 2 atom stereocenters. The number of fused-ring (bicyclic) bond motifs is 1. The largest absolute Gasteiger partial charge is 0.358 e. The van der Waals surface area contributed by atoms with Crippen molar-refractivity contribution in [1.82, 2.24) is 24.9 Å². The molecule has 3 heterocycles. The smallest absolute Gasteiger partial charge is 0.256 e. The van der Waals surface area contributed by atoms with Crippen molar-refractivity contribution in [3.8, 4) is 0 Å². The van der Waals surface area contributed by atoms with Gasteiger partial charge in [0.15, 0.2) is 16.8 Å². The average molecular weight is 507 g/mol. The van der Waals surface area contributed by atoms with Crippen molar-refractivity contribution in [3.63, 3.8) is 0 Å². The standard InChI is InChI=1S/C21H17Cl2FN6O2S/c22-14-4-5-16(20-18(14)15(23)10-25-20)27-33(32)17-3-1-2-13(19(17)24)21(31)29-8-6-12(11-29)30-9-7-26-28-30/h1-5,7,9-10,12,25,27H,6,8,11H2/t12-,33?/m0/s1. The highest BCUT2D eigenvalue weighted by Gasteiger charge is 2.30. The van der Waals surface area contributed by atoms with E-state index < -0.39 is 22.7 Å². The quantitative estimate of drug-likeness (QED) is 0.418. The molecule has 1 fully saturated rings. The number of nitrogens with one attached hydrogen (secondary N) is 2. The summed E-state index contributed by atoms with van der Waals surface area (Å²) in [6.45, 7) is 0.855. The Bertz CT molecular complexity index is 1380. The summed E-state index contributed by atoms with van der Waals surface area (Å²) in [5.74, 6) is -1.29. The molecule has 2 N–H and O–H groups in total. The molecule has 0 aliphatic carbocycles. The summed E-state index contributed by atoms with van der Waals surface area (Å²) in [6.07, 6.45) is 5.56. The van der Waals surface area contributed by atoms with Crippen LogP contribution in [0.3, 0.4) is 0 Å². The van der Waals surface area contributed by atoms with Crippen LogP contribution >= 0.6 is 23.2 Å². The lowest BCUT2D eigenvalue weighted by Crippen LogP contribution is -2.30. The Hall–Kier alpha value is -2.95. The van der Waals surface area contributed by atoms with Crippen molar-refractivity contribution in [2.24, 2.45) is 0 Å². The molecule has 12 heteroatoms. The second-order valence-corrected chi connectivity index (χ2v) is 9.54. The Labute approximate surface area is 200 Å². The Kier molecular flexibility index (Phi) is 5.81. The van der Waals surface area contributed by atoms with Crippen LogP contribution in [0.15, 0.2) is 53.8 Å². The SMILES string of the molecule is O=C(c1cccc(S(=O)Nc2ccc(Cl)c3c(Cl)c[nH]c23)c1F)N1CC[C@H](n2ccnn2)C1. The normalized spacial score (nSPS) is 16.9. The third-order valence-electron chi connectivity index (χ3n) is 5.60. The number of carbonyl (C=O) groups is 1. The third kappa shape index (κ3) is 3.98. The molecule has 0 spiro atoms. The van der Waals surface area contributed by atoms with Gasteiger partial charge in [0, 0.05) is 30.9 Å². The van der Waals surface area contributed by atoms with Crippen LogP contribution in [0, 0.1) is 5.82 Å². The van der Waals surface area contributed by atoms with Crippen LogP contribution in [0.2, 0.25) is 10.0 Å². The monoisotopic (exact) mass is 506 g/mol. The molecule has 1 aliphatic heterocycles. The fraction of sp³-hybridized carbons (Fsp3) is 0.190. The van der Waals surface area contributed by atoms with Crippen molar-refractivity contribution in [2.75, 3.05) is 17.8 Å². The summed E-state index contributed by atoms with van der Waals surface area (Å²) in [7, 11) is -1.98. The lowest BCUT2D eigenvalue weighted by atomic mass is 10.2. The molecule has 1 aliphatic rings. The zero-order valence-corrected chi connectivity index (χ0v) is 19.3. The van der Waals surface area contributed by atoms with Crippen LogP contribution in [0.4, 0.5) is 10.1 Å². The molecule has 4 aromatic rings. The molecule has 33 heavy (non-hydrogen) atoms. The minimum atomic E-state index is -1.98. The molecule has 0 bridgehead atoms. The summed E-state index contributed by atoms with van der Waals surface area (Å²) < 4.78 is 32.8. The van der Waals surface area contributed by atoms with Crippen LogP contribution in [0.25, 0.3) is 10.9 Å².